The van der Waals surface area contributed by atoms with Crippen LogP contribution in [0.2, 0.25) is 0 Å². The van der Waals surface area contributed by atoms with Gasteiger partial charge in [0.2, 0.25) is 0 Å². The standard InChI is InChI=1S/C9H9NO/c1-7(11)8-3-5-9(10-2)6-4-8/h3-7,11H,1H3. The van der Waals surface area contributed by atoms with E-state index in [0.29, 0.717) is 5.69 Å². The zero-order valence-electron chi connectivity index (χ0n) is 6.28. The van der Waals surface area contributed by atoms with Gasteiger partial charge in [0, 0.05) is 0 Å². The molecule has 0 aliphatic heterocycles. The Morgan fingerprint density at radius 3 is 2.27 bits per heavy atom. The minimum atomic E-state index is -0.449. The van der Waals surface area contributed by atoms with Gasteiger partial charge in [0.25, 0.3) is 0 Å². The van der Waals surface area contributed by atoms with Crippen LogP contribution < -0.4 is 0 Å². The smallest absolute Gasteiger partial charge is 0.187 e. The van der Waals surface area contributed by atoms with Crippen molar-refractivity contribution in [2.24, 2.45) is 0 Å². The van der Waals surface area contributed by atoms with Crippen molar-refractivity contribution < 1.29 is 5.11 Å². The maximum absolute atomic E-state index is 9.11. The van der Waals surface area contributed by atoms with Crippen molar-refractivity contribution in [1.82, 2.24) is 0 Å². The molecular formula is C9H9NO. The number of aliphatic hydroxyl groups is 1. The van der Waals surface area contributed by atoms with Gasteiger partial charge < -0.3 is 5.11 Å². The van der Waals surface area contributed by atoms with Crippen LogP contribution in [-0.4, -0.2) is 5.11 Å². The molecule has 2 nitrogen and oxygen atoms in total. The van der Waals surface area contributed by atoms with Gasteiger partial charge in [-0.2, -0.15) is 0 Å². The fourth-order valence-corrected chi connectivity index (χ4v) is 0.827. The molecule has 0 aliphatic carbocycles. The highest BCUT2D eigenvalue weighted by atomic mass is 16.3. The van der Waals surface area contributed by atoms with Gasteiger partial charge in [-0.25, -0.2) is 4.85 Å². The van der Waals surface area contributed by atoms with Crippen LogP contribution in [0.25, 0.3) is 4.85 Å². The topological polar surface area (TPSA) is 24.6 Å². The molecular weight excluding hydrogens is 138 g/mol. The fourth-order valence-electron chi connectivity index (χ4n) is 0.827. The number of nitrogens with zero attached hydrogens (tertiary/aromatic N) is 1. The van der Waals surface area contributed by atoms with Gasteiger partial charge in [0.05, 0.1) is 12.7 Å². The summed E-state index contributed by atoms with van der Waals surface area (Å²) in [6.45, 7) is 8.39. The summed E-state index contributed by atoms with van der Waals surface area (Å²) in [4.78, 5) is 3.24. The fraction of sp³-hybridized carbons (Fsp3) is 0.222. The molecule has 2 heteroatoms. The second kappa shape index (κ2) is 3.18. The number of aliphatic hydroxyl groups excluding tert-OH is 1. The molecule has 0 saturated carbocycles. The van der Waals surface area contributed by atoms with Crippen LogP contribution in [0, 0.1) is 6.57 Å². The highest BCUT2D eigenvalue weighted by Gasteiger charge is 1.98. The lowest BCUT2D eigenvalue weighted by atomic mass is 10.1. The molecule has 0 radical (unpaired) electrons. The summed E-state index contributed by atoms with van der Waals surface area (Å²) in [6, 6.07) is 6.93. The van der Waals surface area contributed by atoms with Crippen LogP contribution in [0.3, 0.4) is 0 Å². The van der Waals surface area contributed by atoms with Crippen molar-refractivity contribution in [1.29, 1.82) is 0 Å². The van der Waals surface area contributed by atoms with Crippen LogP contribution >= 0.6 is 0 Å². The molecule has 0 aliphatic rings. The minimum absolute atomic E-state index is 0.449. The van der Waals surface area contributed by atoms with Gasteiger partial charge in [-0.3, -0.25) is 0 Å². The average Bonchev–Trinajstić information content (AvgIpc) is 2.05. The molecule has 0 aromatic heterocycles. The molecule has 1 aromatic carbocycles. The van der Waals surface area contributed by atoms with Crippen LogP contribution in [0.1, 0.15) is 18.6 Å². The second-order valence-corrected chi connectivity index (χ2v) is 2.38. The van der Waals surface area contributed by atoms with Gasteiger partial charge in [-0.05, 0) is 12.5 Å². The van der Waals surface area contributed by atoms with Crippen LogP contribution in [0.5, 0.6) is 0 Å². The van der Waals surface area contributed by atoms with Crippen molar-refractivity contribution in [2.75, 3.05) is 0 Å². The number of hydrogen-bond acceptors (Lipinski definition) is 1. The van der Waals surface area contributed by atoms with Gasteiger partial charge in [0.15, 0.2) is 5.69 Å². The zero-order chi connectivity index (χ0) is 8.27. The molecule has 1 rings (SSSR count). The van der Waals surface area contributed by atoms with E-state index in [0.717, 1.165) is 5.56 Å². The van der Waals surface area contributed by atoms with E-state index in [-0.39, 0.29) is 0 Å². The SMILES string of the molecule is [C-]#[N+]c1ccc(C(C)O)cc1. The third-order valence-corrected chi connectivity index (χ3v) is 1.50. The lowest BCUT2D eigenvalue weighted by molar-refractivity contribution is 0.199. The van der Waals surface area contributed by atoms with Gasteiger partial charge in [-0.1, -0.05) is 24.3 Å². The molecule has 0 saturated heterocycles. The summed E-state index contributed by atoms with van der Waals surface area (Å²) in [5.74, 6) is 0. The maximum Gasteiger partial charge on any atom is 0.187 e. The maximum atomic E-state index is 9.11. The van der Waals surface area contributed by atoms with E-state index in [2.05, 4.69) is 4.85 Å². The Morgan fingerprint density at radius 2 is 1.91 bits per heavy atom. The van der Waals surface area contributed by atoms with E-state index < -0.39 is 6.10 Å². The lowest BCUT2D eigenvalue weighted by Gasteiger charge is -2.02. The Hall–Kier alpha value is -1.33. The van der Waals surface area contributed by atoms with Gasteiger partial charge in [-0.15, -0.1) is 0 Å². The second-order valence-electron chi connectivity index (χ2n) is 2.38. The number of rotatable bonds is 1. The number of hydrogen-bond donors (Lipinski definition) is 1. The quantitative estimate of drug-likeness (QED) is 0.605. The molecule has 0 bridgehead atoms. The first kappa shape index (κ1) is 7.77. The van der Waals surface area contributed by atoms with Crippen molar-refractivity contribution >= 4 is 5.69 Å². The van der Waals surface area contributed by atoms with Gasteiger partial charge in [0.1, 0.15) is 0 Å². The highest BCUT2D eigenvalue weighted by Crippen LogP contribution is 2.17. The summed E-state index contributed by atoms with van der Waals surface area (Å²) < 4.78 is 0. The number of benzene rings is 1. The zero-order valence-corrected chi connectivity index (χ0v) is 6.28. The molecule has 56 valence electrons. The van der Waals surface area contributed by atoms with Crippen LogP contribution in [0.4, 0.5) is 5.69 Å². The van der Waals surface area contributed by atoms with Crippen molar-refractivity contribution in [3.63, 3.8) is 0 Å². The first-order valence-electron chi connectivity index (χ1n) is 3.39. The van der Waals surface area contributed by atoms with E-state index in [1.165, 1.54) is 0 Å². The Balaban J connectivity index is 2.94. The van der Waals surface area contributed by atoms with Crippen molar-refractivity contribution in [2.45, 2.75) is 13.0 Å². The van der Waals surface area contributed by atoms with Crippen LogP contribution in [-0.2, 0) is 0 Å². The third kappa shape index (κ3) is 1.79. The monoisotopic (exact) mass is 147 g/mol. The van der Waals surface area contributed by atoms with E-state index >= 15 is 0 Å². The largest absolute Gasteiger partial charge is 0.389 e. The molecule has 11 heavy (non-hydrogen) atoms. The lowest BCUT2D eigenvalue weighted by Crippen LogP contribution is -1.88. The van der Waals surface area contributed by atoms with Crippen molar-refractivity contribution in [3.8, 4) is 0 Å². The molecule has 0 heterocycles. The summed E-state index contributed by atoms with van der Waals surface area (Å²) in [5, 5.41) is 9.11. The Labute approximate surface area is 65.9 Å². The molecule has 1 N–H and O–H groups in total. The van der Waals surface area contributed by atoms with E-state index in [4.69, 9.17) is 11.7 Å². The Morgan fingerprint density at radius 1 is 1.36 bits per heavy atom. The normalized spacial score (nSPS) is 12.1. The Bertz CT molecular complexity index is 269. The molecule has 0 spiro atoms. The predicted molar refractivity (Wildman–Crippen MR) is 43.3 cm³/mol. The molecule has 1 aromatic rings. The predicted octanol–water partition coefficient (Wildman–Crippen LogP) is 2.29. The average molecular weight is 147 g/mol. The molecule has 0 amide bonds. The molecule has 1 unspecified atom stereocenters. The first-order chi connectivity index (χ1) is 5.24. The molecule has 1 atom stereocenters. The Kier molecular flexibility index (Phi) is 2.25. The van der Waals surface area contributed by atoms with E-state index in [1.54, 1.807) is 31.2 Å². The summed E-state index contributed by atoms with van der Waals surface area (Å²) in [7, 11) is 0. The van der Waals surface area contributed by atoms with Gasteiger partial charge >= 0.3 is 0 Å². The minimum Gasteiger partial charge on any atom is -0.389 e. The van der Waals surface area contributed by atoms with Crippen molar-refractivity contribution in [3.05, 3.63) is 41.2 Å². The van der Waals surface area contributed by atoms with E-state index in [9.17, 15) is 0 Å². The van der Waals surface area contributed by atoms with Crippen LogP contribution in [0.15, 0.2) is 24.3 Å². The highest BCUT2D eigenvalue weighted by molar-refractivity contribution is 5.45. The summed E-state index contributed by atoms with van der Waals surface area (Å²) >= 11 is 0. The summed E-state index contributed by atoms with van der Waals surface area (Å²) in [5.41, 5.74) is 1.45. The molecule has 0 fully saturated rings. The van der Waals surface area contributed by atoms with E-state index in [1.807, 2.05) is 0 Å². The first-order valence-corrected chi connectivity index (χ1v) is 3.39. The summed E-state index contributed by atoms with van der Waals surface area (Å²) in [6.07, 6.45) is -0.449. The third-order valence-electron chi connectivity index (χ3n) is 1.50.